The number of primary amides is 1. The number of aromatic nitrogens is 1. The van der Waals surface area contributed by atoms with Gasteiger partial charge in [-0.15, -0.1) is 0 Å². The largest absolute Gasteiger partial charge is 0.371 e. The molecule has 1 aliphatic rings. The lowest BCUT2D eigenvalue weighted by atomic mass is 10.1. The van der Waals surface area contributed by atoms with Gasteiger partial charge in [-0.1, -0.05) is 6.92 Å². The second kappa shape index (κ2) is 7.06. The number of nitrogens with zero attached hydrogens (tertiary/aromatic N) is 2. The molecule has 1 saturated heterocycles. The molecule has 0 aromatic carbocycles. The van der Waals surface area contributed by atoms with Crippen LogP contribution in [0.5, 0.6) is 0 Å². The van der Waals surface area contributed by atoms with Crippen molar-refractivity contribution in [1.29, 1.82) is 0 Å². The monoisotopic (exact) mass is 326 g/mol. The predicted octanol–water partition coefficient (Wildman–Crippen LogP) is 0.479. The average Bonchev–Trinajstić information content (AvgIpc) is 2.47. The molecular weight excluding hydrogens is 304 g/mol. The summed E-state index contributed by atoms with van der Waals surface area (Å²) in [5, 5.41) is 0. The molecular formula is C14H22N4O3S. The zero-order chi connectivity index (χ0) is 16.2. The smallest absolute Gasteiger partial charge is 0.267 e. The van der Waals surface area contributed by atoms with Crippen molar-refractivity contribution in [3.8, 4) is 0 Å². The molecule has 0 bridgehead atoms. The number of piperidine rings is 1. The number of hydrogen-bond donors (Lipinski definition) is 2. The molecule has 7 nitrogen and oxygen atoms in total. The Balaban J connectivity index is 1.95. The van der Waals surface area contributed by atoms with Gasteiger partial charge in [-0.25, -0.2) is 13.1 Å². The van der Waals surface area contributed by atoms with Crippen LogP contribution >= 0.6 is 0 Å². The maximum absolute atomic E-state index is 11.8. The van der Waals surface area contributed by atoms with Crippen LogP contribution in [-0.4, -0.2) is 44.2 Å². The number of anilines is 1. The number of carbonyl (C=O) groups is 1. The third-order valence-corrected chi connectivity index (χ3v) is 5.31. The SMILES string of the molecule is CCCS(=O)(=O)NC1CCN(c2ccnc(C(N)=O)c2)CC1. The van der Waals surface area contributed by atoms with Crippen molar-refractivity contribution >= 4 is 21.6 Å². The summed E-state index contributed by atoms with van der Waals surface area (Å²) in [5.41, 5.74) is 6.36. The average molecular weight is 326 g/mol. The molecule has 0 spiro atoms. The van der Waals surface area contributed by atoms with Gasteiger partial charge in [0.25, 0.3) is 5.91 Å². The third kappa shape index (κ3) is 4.41. The highest BCUT2D eigenvalue weighted by atomic mass is 32.2. The Morgan fingerprint density at radius 3 is 2.73 bits per heavy atom. The van der Waals surface area contributed by atoms with E-state index >= 15 is 0 Å². The maximum Gasteiger partial charge on any atom is 0.267 e. The van der Waals surface area contributed by atoms with Crippen LogP contribution in [0.15, 0.2) is 18.3 Å². The molecule has 0 atom stereocenters. The van der Waals surface area contributed by atoms with Crippen molar-refractivity contribution in [3.05, 3.63) is 24.0 Å². The van der Waals surface area contributed by atoms with Gasteiger partial charge in [-0.2, -0.15) is 0 Å². The molecule has 1 amide bonds. The van der Waals surface area contributed by atoms with E-state index < -0.39 is 15.9 Å². The minimum atomic E-state index is -3.17. The van der Waals surface area contributed by atoms with Gasteiger partial charge in [-0.05, 0) is 31.4 Å². The fraction of sp³-hybridized carbons (Fsp3) is 0.571. The highest BCUT2D eigenvalue weighted by Gasteiger charge is 2.23. The van der Waals surface area contributed by atoms with Crippen LogP contribution in [0, 0.1) is 0 Å². The molecule has 22 heavy (non-hydrogen) atoms. The summed E-state index contributed by atoms with van der Waals surface area (Å²) in [6, 6.07) is 3.48. The van der Waals surface area contributed by atoms with Gasteiger partial charge >= 0.3 is 0 Å². The summed E-state index contributed by atoms with van der Waals surface area (Å²) in [6.07, 6.45) is 3.64. The molecule has 3 N–H and O–H groups in total. The number of rotatable bonds is 6. The van der Waals surface area contributed by atoms with E-state index in [0.29, 0.717) is 6.42 Å². The van der Waals surface area contributed by atoms with Crippen molar-refractivity contribution in [2.45, 2.75) is 32.2 Å². The van der Waals surface area contributed by atoms with Gasteiger partial charge in [0, 0.05) is 31.0 Å². The first kappa shape index (κ1) is 16.7. The zero-order valence-electron chi connectivity index (χ0n) is 12.7. The lowest BCUT2D eigenvalue weighted by molar-refractivity contribution is 0.0995. The Morgan fingerprint density at radius 2 is 2.14 bits per heavy atom. The fourth-order valence-electron chi connectivity index (χ4n) is 2.59. The summed E-state index contributed by atoms with van der Waals surface area (Å²) >= 11 is 0. The van der Waals surface area contributed by atoms with Crippen LogP contribution in [0.3, 0.4) is 0 Å². The summed E-state index contributed by atoms with van der Waals surface area (Å²) in [6.45, 7) is 3.30. The zero-order valence-corrected chi connectivity index (χ0v) is 13.5. The van der Waals surface area contributed by atoms with Crippen LogP contribution in [0.4, 0.5) is 5.69 Å². The van der Waals surface area contributed by atoms with E-state index in [-0.39, 0.29) is 17.5 Å². The first-order valence-corrected chi connectivity index (χ1v) is 9.07. The van der Waals surface area contributed by atoms with Crippen molar-refractivity contribution in [2.24, 2.45) is 5.73 Å². The van der Waals surface area contributed by atoms with Crippen LogP contribution in [0.2, 0.25) is 0 Å². The van der Waals surface area contributed by atoms with Gasteiger partial charge < -0.3 is 10.6 Å². The van der Waals surface area contributed by atoms with Crippen molar-refractivity contribution in [1.82, 2.24) is 9.71 Å². The Labute approximate surface area is 131 Å². The second-order valence-electron chi connectivity index (χ2n) is 5.46. The van der Waals surface area contributed by atoms with Crippen LogP contribution in [0.25, 0.3) is 0 Å². The standard InChI is InChI=1S/C14H22N4O3S/c1-2-9-22(20,21)17-11-4-7-18(8-5-11)12-3-6-16-13(10-12)14(15)19/h3,6,10-11,17H,2,4-5,7-9H2,1H3,(H2,15,19). The first-order valence-electron chi connectivity index (χ1n) is 7.42. The first-order chi connectivity index (χ1) is 10.4. The molecule has 0 saturated carbocycles. The summed E-state index contributed by atoms with van der Waals surface area (Å²) in [5.74, 6) is -0.386. The Kier molecular flexibility index (Phi) is 5.36. The lowest BCUT2D eigenvalue weighted by Crippen LogP contribution is -2.45. The number of nitrogens with two attached hydrogens (primary N) is 1. The Bertz CT molecular complexity index is 625. The fourth-order valence-corrected chi connectivity index (χ4v) is 3.99. The van der Waals surface area contributed by atoms with E-state index in [1.165, 1.54) is 0 Å². The summed E-state index contributed by atoms with van der Waals surface area (Å²) < 4.78 is 26.3. The molecule has 1 aliphatic heterocycles. The molecule has 2 heterocycles. The van der Waals surface area contributed by atoms with E-state index in [9.17, 15) is 13.2 Å². The van der Waals surface area contributed by atoms with Gasteiger partial charge in [0.1, 0.15) is 5.69 Å². The number of pyridine rings is 1. The molecule has 8 heteroatoms. The molecule has 0 aliphatic carbocycles. The van der Waals surface area contributed by atoms with E-state index in [1.54, 1.807) is 12.3 Å². The van der Waals surface area contributed by atoms with E-state index in [2.05, 4.69) is 14.6 Å². The van der Waals surface area contributed by atoms with Gasteiger partial charge in [-0.3, -0.25) is 9.78 Å². The lowest BCUT2D eigenvalue weighted by Gasteiger charge is -2.33. The van der Waals surface area contributed by atoms with Gasteiger partial charge in [0.2, 0.25) is 10.0 Å². The van der Waals surface area contributed by atoms with Crippen LogP contribution < -0.4 is 15.4 Å². The van der Waals surface area contributed by atoms with Crippen molar-refractivity contribution in [2.75, 3.05) is 23.7 Å². The van der Waals surface area contributed by atoms with Crippen molar-refractivity contribution < 1.29 is 13.2 Å². The van der Waals surface area contributed by atoms with Gasteiger partial charge in [0.05, 0.1) is 5.75 Å². The van der Waals surface area contributed by atoms with E-state index in [4.69, 9.17) is 5.73 Å². The molecule has 1 aromatic rings. The molecule has 0 radical (unpaired) electrons. The second-order valence-corrected chi connectivity index (χ2v) is 7.34. The minimum Gasteiger partial charge on any atom is -0.371 e. The number of nitrogens with one attached hydrogen (secondary N) is 1. The Hall–Kier alpha value is -1.67. The molecule has 1 fully saturated rings. The third-order valence-electron chi connectivity index (χ3n) is 3.68. The van der Waals surface area contributed by atoms with Crippen LogP contribution in [-0.2, 0) is 10.0 Å². The minimum absolute atomic E-state index is 0.0229. The number of carbonyl (C=O) groups excluding carboxylic acids is 1. The molecule has 2 rings (SSSR count). The van der Waals surface area contributed by atoms with Crippen molar-refractivity contribution in [3.63, 3.8) is 0 Å². The quantitative estimate of drug-likeness (QED) is 0.791. The normalized spacial score (nSPS) is 16.7. The highest BCUT2D eigenvalue weighted by Crippen LogP contribution is 2.20. The number of sulfonamides is 1. The molecule has 122 valence electrons. The number of amides is 1. The summed E-state index contributed by atoms with van der Waals surface area (Å²) in [7, 11) is -3.17. The predicted molar refractivity (Wildman–Crippen MR) is 85.2 cm³/mol. The van der Waals surface area contributed by atoms with Crippen LogP contribution in [0.1, 0.15) is 36.7 Å². The topological polar surface area (TPSA) is 105 Å². The van der Waals surface area contributed by atoms with E-state index in [1.807, 2.05) is 13.0 Å². The highest BCUT2D eigenvalue weighted by molar-refractivity contribution is 7.89. The van der Waals surface area contributed by atoms with Gasteiger partial charge in [0.15, 0.2) is 0 Å². The Morgan fingerprint density at radius 1 is 1.45 bits per heavy atom. The molecule has 1 aromatic heterocycles. The number of hydrogen-bond acceptors (Lipinski definition) is 5. The maximum atomic E-state index is 11.8. The summed E-state index contributed by atoms with van der Waals surface area (Å²) in [4.78, 5) is 17.2. The van der Waals surface area contributed by atoms with E-state index in [0.717, 1.165) is 31.6 Å². The molecule has 0 unspecified atom stereocenters.